The molecule has 0 spiro atoms. The van der Waals surface area contributed by atoms with Crippen LogP contribution in [0.3, 0.4) is 0 Å². The molecule has 2 N–H and O–H groups in total. The molecule has 0 radical (unpaired) electrons. The lowest BCUT2D eigenvalue weighted by molar-refractivity contribution is 0.131. The van der Waals surface area contributed by atoms with Crippen LogP contribution in [0.2, 0.25) is 0 Å². The Bertz CT molecular complexity index is 653. The largest absolute Gasteiger partial charge is 0.356 e. The number of sulfone groups is 1. The molecule has 2 rings (SSSR count). The van der Waals surface area contributed by atoms with Crippen molar-refractivity contribution in [2.45, 2.75) is 44.8 Å². The van der Waals surface area contributed by atoms with Gasteiger partial charge in [-0.2, -0.15) is 0 Å². The molecule has 1 aromatic rings. The van der Waals surface area contributed by atoms with Gasteiger partial charge >= 0.3 is 0 Å². The van der Waals surface area contributed by atoms with Crippen LogP contribution in [-0.2, 0) is 15.6 Å². The van der Waals surface area contributed by atoms with E-state index in [9.17, 15) is 8.42 Å². The van der Waals surface area contributed by atoms with Gasteiger partial charge in [0.25, 0.3) is 0 Å². The number of benzene rings is 1. The zero-order valence-corrected chi connectivity index (χ0v) is 19.0. The summed E-state index contributed by atoms with van der Waals surface area (Å²) < 4.78 is 24.4. The average molecular weight is 493 g/mol. The molecule has 0 aromatic heterocycles. The summed E-state index contributed by atoms with van der Waals surface area (Å²) in [6.07, 6.45) is 5.65. The van der Waals surface area contributed by atoms with Crippen molar-refractivity contribution in [1.29, 1.82) is 0 Å². The molecule has 148 valence electrons. The zero-order chi connectivity index (χ0) is 18.2. The van der Waals surface area contributed by atoms with Gasteiger partial charge in [-0.25, -0.2) is 8.42 Å². The Morgan fingerprint density at radius 2 is 1.88 bits per heavy atom. The summed E-state index contributed by atoms with van der Waals surface area (Å²) in [7, 11) is -1.32. The van der Waals surface area contributed by atoms with E-state index in [1.54, 1.807) is 7.05 Å². The minimum absolute atomic E-state index is 0. The molecule has 0 saturated heterocycles. The van der Waals surface area contributed by atoms with Gasteiger partial charge in [-0.3, -0.25) is 4.99 Å². The molecule has 1 fully saturated rings. The first-order valence-electron chi connectivity index (χ1n) is 9.17. The monoisotopic (exact) mass is 493 g/mol. The van der Waals surface area contributed by atoms with Crippen LogP contribution in [-0.4, -0.2) is 40.3 Å². The van der Waals surface area contributed by atoms with Gasteiger partial charge in [0.15, 0.2) is 15.8 Å². The van der Waals surface area contributed by atoms with E-state index >= 15 is 0 Å². The number of nitrogens with zero attached hydrogens (tertiary/aromatic N) is 1. The molecule has 1 saturated carbocycles. The summed E-state index contributed by atoms with van der Waals surface area (Å²) in [5, 5.41) is 6.62. The number of halogens is 1. The van der Waals surface area contributed by atoms with Gasteiger partial charge in [-0.15, -0.1) is 24.0 Å². The fourth-order valence-corrected chi connectivity index (χ4v) is 4.65. The predicted molar refractivity (Wildman–Crippen MR) is 120 cm³/mol. The van der Waals surface area contributed by atoms with Crippen molar-refractivity contribution in [3.8, 4) is 0 Å². The normalized spacial score (nSPS) is 16.3. The highest BCUT2D eigenvalue weighted by atomic mass is 127. The van der Waals surface area contributed by atoms with E-state index in [1.807, 2.05) is 30.3 Å². The molecular formula is C19H32IN3O2S. The van der Waals surface area contributed by atoms with E-state index in [2.05, 4.69) is 22.5 Å². The van der Waals surface area contributed by atoms with Crippen LogP contribution in [0, 0.1) is 5.41 Å². The molecular weight excluding hydrogens is 461 g/mol. The maximum Gasteiger partial charge on any atom is 0.190 e. The van der Waals surface area contributed by atoms with Crippen molar-refractivity contribution in [2.24, 2.45) is 10.4 Å². The Balaban J connectivity index is 0.00000338. The molecule has 0 heterocycles. The fourth-order valence-electron chi connectivity index (χ4n) is 3.22. The van der Waals surface area contributed by atoms with Crippen molar-refractivity contribution < 1.29 is 8.42 Å². The number of guanidine groups is 1. The minimum atomic E-state index is -3.07. The summed E-state index contributed by atoms with van der Waals surface area (Å²) in [5.41, 5.74) is 1.27. The van der Waals surface area contributed by atoms with E-state index in [-0.39, 0.29) is 35.5 Å². The van der Waals surface area contributed by atoms with Crippen LogP contribution in [0.25, 0.3) is 0 Å². The van der Waals surface area contributed by atoms with E-state index in [0.717, 1.165) is 18.1 Å². The highest BCUT2D eigenvalue weighted by Crippen LogP contribution is 2.42. The van der Waals surface area contributed by atoms with Crippen LogP contribution in [0.4, 0.5) is 0 Å². The quantitative estimate of drug-likeness (QED) is 0.240. The topological polar surface area (TPSA) is 70.6 Å². The van der Waals surface area contributed by atoms with Crippen LogP contribution < -0.4 is 10.6 Å². The van der Waals surface area contributed by atoms with Gasteiger partial charge in [0.1, 0.15) is 0 Å². The maximum absolute atomic E-state index is 12.2. The second-order valence-corrected chi connectivity index (χ2v) is 9.17. The summed E-state index contributed by atoms with van der Waals surface area (Å²) in [5.74, 6) is 1.06. The van der Waals surface area contributed by atoms with Crippen molar-refractivity contribution in [3.05, 3.63) is 35.9 Å². The minimum Gasteiger partial charge on any atom is -0.356 e. The molecule has 1 aliphatic carbocycles. The van der Waals surface area contributed by atoms with E-state index in [1.165, 1.54) is 25.7 Å². The second-order valence-electron chi connectivity index (χ2n) is 6.99. The van der Waals surface area contributed by atoms with Crippen molar-refractivity contribution in [3.63, 3.8) is 0 Å². The molecule has 5 nitrogen and oxygen atoms in total. The average Bonchev–Trinajstić information content (AvgIpc) is 2.56. The first kappa shape index (κ1) is 23.2. The van der Waals surface area contributed by atoms with Crippen molar-refractivity contribution >= 4 is 39.8 Å². The van der Waals surface area contributed by atoms with Gasteiger partial charge in [0.2, 0.25) is 0 Å². The van der Waals surface area contributed by atoms with Crippen LogP contribution in [0.15, 0.2) is 35.3 Å². The SMILES string of the molecule is CCC1(CNC(=NC)NCCCS(=O)(=O)Cc2ccccc2)CCC1.I. The summed E-state index contributed by atoms with van der Waals surface area (Å²) in [4.78, 5) is 4.23. The molecule has 7 heteroatoms. The summed E-state index contributed by atoms with van der Waals surface area (Å²) in [6.45, 7) is 3.79. The standard InChI is InChI=1S/C19H31N3O2S.HI/c1-3-19(11-7-12-19)16-22-18(20-2)21-13-8-14-25(23,24)15-17-9-5-4-6-10-17;/h4-6,9-10H,3,7-8,11-16H2,1-2H3,(H2,20,21,22);1H. The number of hydrogen-bond acceptors (Lipinski definition) is 3. The Morgan fingerprint density at radius 1 is 1.19 bits per heavy atom. The van der Waals surface area contributed by atoms with E-state index in [0.29, 0.717) is 18.4 Å². The lowest BCUT2D eigenvalue weighted by atomic mass is 9.67. The number of nitrogens with one attached hydrogen (secondary N) is 2. The molecule has 0 amide bonds. The lowest BCUT2D eigenvalue weighted by Gasteiger charge is -2.41. The fraction of sp³-hybridized carbons (Fsp3) is 0.632. The van der Waals surface area contributed by atoms with E-state index < -0.39 is 9.84 Å². The van der Waals surface area contributed by atoms with Gasteiger partial charge in [0, 0.05) is 20.1 Å². The highest BCUT2D eigenvalue weighted by molar-refractivity contribution is 14.0. The molecule has 0 unspecified atom stereocenters. The van der Waals surface area contributed by atoms with Crippen molar-refractivity contribution in [1.82, 2.24) is 10.6 Å². The molecule has 1 aliphatic rings. The molecule has 26 heavy (non-hydrogen) atoms. The zero-order valence-electron chi connectivity index (χ0n) is 15.8. The highest BCUT2D eigenvalue weighted by Gasteiger charge is 2.34. The molecule has 0 aliphatic heterocycles. The third-order valence-electron chi connectivity index (χ3n) is 5.17. The maximum atomic E-state index is 12.2. The van der Waals surface area contributed by atoms with Crippen LogP contribution >= 0.6 is 24.0 Å². The Labute approximate surface area is 175 Å². The number of aliphatic imine (C=N–C) groups is 1. The Hall–Kier alpha value is -0.830. The first-order valence-corrected chi connectivity index (χ1v) is 11.0. The van der Waals surface area contributed by atoms with Gasteiger partial charge in [-0.1, -0.05) is 43.7 Å². The van der Waals surface area contributed by atoms with Gasteiger partial charge in [0.05, 0.1) is 11.5 Å². The third kappa shape index (κ3) is 7.42. The predicted octanol–water partition coefficient (Wildman–Crippen LogP) is 3.35. The Morgan fingerprint density at radius 3 is 2.42 bits per heavy atom. The Kier molecular flexibility index (Phi) is 9.92. The first-order chi connectivity index (χ1) is 12.0. The number of rotatable bonds is 9. The van der Waals surface area contributed by atoms with E-state index in [4.69, 9.17) is 0 Å². The molecule has 0 bridgehead atoms. The second kappa shape index (κ2) is 11.1. The molecule has 0 atom stereocenters. The van der Waals surface area contributed by atoms with Crippen LogP contribution in [0.5, 0.6) is 0 Å². The van der Waals surface area contributed by atoms with Gasteiger partial charge in [-0.05, 0) is 36.7 Å². The smallest absolute Gasteiger partial charge is 0.190 e. The lowest BCUT2D eigenvalue weighted by Crippen LogP contribution is -2.46. The summed E-state index contributed by atoms with van der Waals surface area (Å²) in [6, 6.07) is 9.34. The third-order valence-corrected chi connectivity index (χ3v) is 6.86. The summed E-state index contributed by atoms with van der Waals surface area (Å²) >= 11 is 0. The molecule has 1 aromatic carbocycles. The number of hydrogen-bond donors (Lipinski definition) is 2. The van der Waals surface area contributed by atoms with Crippen molar-refractivity contribution in [2.75, 3.05) is 25.9 Å². The van der Waals surface area contributed by atoms with Gasteiger partial charge < -0.3 is 10.6 Å². The van der Waals surface area contributed by atoms with Crippen LogP contribution in [0.1, 0.15) is 44.6 Å².